The molecule has 3 nitrogen and oxygen atoms in total. The molecule has 0 aliphatic heterocycles. The summed E-state index contributed by atoms with van der Waals surface area (Å²) in [5.74, 6) is 2.23. The first-order chi connectivity index (χ1) is 9.88. The van der Waals surface area contributed by atoms with Crippen LogP contribution >= 0.6 is 0 Å². The minimum atomic E-state index is 0.620. The molecule has 2 aromatic rings. The van der Waals surface area contributed by atoms with Crippen LogP contribution in [0.2, 0.25) is 0 Å². The zero-order valence-corrected chi connectivity index (χ0v) is 11.5. The van der Waals surface area contributed by atoms with Crippen molar-refractivity contribution in [2.75, 3.05) is 7.11 Å². The van der Waals surface area contributed by atoms with Gasteiger partial charge in [0.1, 0.15) is 0 Å². The number of rotatable bonds is 4. The lowest BCUT2D eigenvalue weighted by atomic mass is 10.1. The molecule has 0 spiro atoms. The van der Waals surface area contributed by atoms with Gasteiger partial charge in [0.15, 0.2) is 0 Å². The van der Waals surface area contributed by atoms with Crippen LogP contribution in [0, 0.1) is 5.92 Å². The summed E-state index contributed by atoms with van der Waals surface area (Å²) >= 11 is 0. The van der Waals surface area contributed by atoms with Crippen molar-refractivity contribution in [1.82, 2.24) is 10.3 Å². The van der Waals surface area contributed by atoms with Crippen molar-refractivity contribution in [3.8, 4) is 5.88 Å². The highest BCUT2D eigenvalue weighted by atomic mass is 16.5. The molecule has 1 N–H and O–H groups in total. The second-order valence-electron chi connectivity index (χ2n) is 5.67. The topological polar surface area (TPSA) is 34.1 Å². The van der Waals surface area contributed by atoms with Gasteiger partial charge in [-0.05, 0) is 29.5 Å². The number of nitrogens with one attached hydrogen (secondary N) is 1. The molecule has 0 saturated heterocycles. The first kappa shape index (κ1) is 11.9. The second kappa shape index (κ2) is 4.60. The Morgan fingerprint density at radius 3 is 3.05 bits per heavy atom. The van der Waals surface area contributed by atoms with Crippen molar-refractivity contribution in [3.63, 3.8) is 0 Å². The monoisotopic (exact) mass is 266 g/mol. The third-order valence-corrected chi connectivity index (χ3v) is 4.61. The lowest BCUT2D eigenvalue weighted by Gasteiger charge is -2.11. The number of nitrogens with zero attached hydrogens (tertiary/aromatic N) is 1. The minimum Gasteiger partial charge on any atom is -0.481 e. The molecule has 20 heavy (non-hydrogen) atoms. The molecule has 1 aromatic carbocycles. The van der Waals surface area contributed by atoms with Crippen molar-refractivity contribution in [2.45, 2.75) is 24.9 Å². The van der Waals surface area contributed by atoms with E-state index in [0.717, 1.165) is 23.9 Å². The highest BCUT2D eigenvalue weighted by Gasteiger charge is 2.55. The van der Waals surface area contributed by atoms with E-state index in [0.29, 0.717) is 12.0 Å². The van der Waals surface area contributed by atoms with Gasteiger partial charge in [-0.25, -0.2) is 4.98 Å². The van der Waals surface area contributed by atoms with Gasteiger partial charge in [0.25, 0.3) is 0 Å². The standard InChI is InChI=1S/C17H18N2O/c1-20-17-12(6-4-8-18-17)10-19-16-14-9-11-5-2-3-7-13(11)15(14)16/h2-8,14-16,19H,9-10H2,1H3/t14-,15+,16+/m0/s1. The summed E-state index contributed by atoms with van der Waals surface area (Å²) in [5.41, 5.74) is 4.22. The average Bonchev–Trinajstić information content (AvgIpc) is 3.04. The minimum absolute atomic E-state index is 0.620. The summed E-state index contributed by atoms with van der Waals surface area (Å²) < 4.78 is 5.30. The van der Waals surface area contributed by atoms with Crippen LogP contribution in [0.1, 0.15) is 22.6 Å². The molecule has 0 radical (unpaired) electrons. The van der Waals surface area contributed by atoms with Crippen LogP contribution in [-0.4, -0.2) is 18.1 Å². The third kappa shape index (κ3) is 1.81. The van der Waals surface area contributed by atoms with Crippen molar-refractivity contribution in [2.24, 2.45) is 5.92 Å². The third-order valence-electron chi connectivity index (χ3n) is 4.61. The van der Waals surface area contributed by atoms with Gasteiger partial charge in [-0.15, -0.1) is 0 Å². The van der Waals surface area contributed by atoms with Crippen LogP contribution in [0.15, 0.2) is 42.6 Å². The molecular formula is C17H18N2O. The number of aromatic nitrogens is 1. The van der Waals surface area contributed by atoms with Crippen molar-refractivity contribution >= 4 is 0 Å². The van der Waals surface area contributed by atoms with Gasteiger partial charge in [0.05, 0.1) is 7.11 Å². The van der Waals surface area contributed by atoms with Crippen LogP contribution in [0.4, 0.5) is 0 Å². The predicted octanol–water partition coefficient (Wildman–Crippen LogP) is 2.52. The van der Waals surface area contributed by atoms with Gasteiger partial charge in [-0.2, -0.15) is 0 Å². The van der Waals surface area contributed by atoms with Gasteiger partial charge >= 0.3 is 0 Å². The molecule has 3 heteroatoms. The first-order valence-corrected chi connectivity index (χ1v) is 7.17. The Labute approximate surface area is 119 Å². The summed E-state index contributed by atoms with van der Waals surface area (Å²) in [4.78, 5) is 4.24. The summed E-state index contributed by atoms with van der Waals surface area (Å²) in [6.45, 7) is 0.830. The highest BCUT2D eigenvalue weighted by Crippen LogP contribution is 2.56. The van der Waals surface area contributed by atoms with E-state index in [-0.39, 0.29) is 0 Å². The van der Waals surface area contributed by atoms with Crippen molar-refractivity contribution in [3.05, 3.63) is 59.3 Å². The molecule has 0 bridgehead atoms. The van der Waals surface area contributed by atoms with E-state index in [1.807, 2.05) is 6.07 Å². The molecule has 4 rings (SSSR count). The highest BCUT2D eigenvalue weighted by molar-refractivity contribution is 5.45. The molecule has 0 amide bonds. The number of hydrogen-bond acceptors (Lipinski definition) is 3. The molecule has 3 atom stereocenters. The number of pyridine rings is 1. The SMILES string of the molecule is COc1ncccc1CN[C@@H]1[C@H]2Cc3ccccc3[C@H]21. The maximum Gasteiger partial charge on any atom is 0.217 e. The van der Waals surface area contributed by atoms with E-state index < -0.39 is 0 Å². The Morgan fingerprint density at radius 2 is 2.15 bits per heavy atom. The zero-order valence-electron chi connectivity index (χ0n) is 11.5. The summed E-state index contributed by atoms with van der Waals surface area (Å²) in [6.07, 6.45) is 2.99. The molecule has 2 aliphatic rings. The maximum absolute atomic E-state index is 5.30. The molecular weight excluding hydrogens is 248 g/mol. The number of hydrogen-bond donors (Lipinski definition) is 1. The lowest BCUT2D eigenvalue weighted by molar-refractivity contribution is 0.390. The average molecular weight is 266 g/mol. The smallest absolute Gasteiger partial charge is 0.217 e. The van der Waals surface area contributed by atoms with Crippen LogP contribution in [0.5, 0.6) is 5.88 Å². The van der Waals surface area contributed by atoms with Crippen LogP contribution in [-0.2, 0) is 13.0 Å². The zero-order chi connectivity index (χ0) is 13.5. The fourth-order valence-electron chi connectivity index (χ4n) is 3.60. The van der Waals surface area contributed by atoms with E-state index in [2.05, 4.69) is 40.6 Å². The summed E-state index contributed by atoms with van der Waals surface area (Å²) in [6, 6.07) is 13.5. The van der Waals surface area contributed by atoms with E-state index >= 15 is 0 Å². The number of ether oxygens (including phenoxy) is 1. The number of benzene rings is 1. The van der Waals surface area contributed by atoms with Crippen LogP contribution in [0.3, 0.4) is 0 Å². The Kier molecular flexibility index (Phi) is 2.74. The van der Waals surface area contributed by atoms with Crippen molar-refractivity contribution < 1.29 is 4.74 Å². The number of methoxy groups -OCH3 is 1. The first-order valence-electron chi connectivity index (χ1n) is 7.17. The Balaban J connectivity index is 1.44. The molecule has 2 aliphatic carbocycles. The fraction of sp³-hybridized carbons (Fsp3) is 0.353. The van der Waals surface area contributed by atoms with Gasteiger partial charge in [0.2, 0.25) is 5.88 Å². The number of fused-ring (bicyclic) bond motifs is 3. The fourth-order valence-corrected chi connectivity index (χ4v) is 3.60. The normalized spacial score (nSPS) is 25.9. The van der Waals surface area contributed by atoms with E-state index in [1.54, 1.807) is 24.4 Å². The molecule has 1 saturated carbocycles. The Bertz CT molecular complexity index is 640. The summed E-state index contributed by atoms with van der Waals surface area (Å²) in [5, 5.41) is 3.67. The quantitative estimate of drug-likeness (QED) is 0.923. The molecule has 1 aromatic heterocycles. The van der Waals surface area contributed by atoms with E-state index in [9.17, 15) is 0 Å². The Morgan fingerprint density at radius 1 is 1.25 bits per heavy atom. The maximum atomic E-state index is 5.30. The van der Waals surface area contributed by atoms with Gasteiger partial charge < -0.3 is 10.1 Å². The summed E-state index contributed by atoms with van der Waals surface area (Å²) in [7, 11) is 1.67. The molecule has 1 heterocycles. The largest absolute Gasteiger partial charge is 0.481 e. The van der Waals surface area contributed by atoms with E-state index in [1.165, 1.54) is 6.42 Å². The van der Waals surface area contributed by atoms with Crippen LogP contribution < -0.4 is 10.1 Å². The van der Waals surface area contributed by atoms with Crippen molar-refractivity contribution in [1.29, 1.82) is 0 Å². The predicted molar refractivity (Wildman–Crippen MR) is 77.8 cm³/mol. The van der Waals surface area contributed by atoms with E-state index in [4.69, 9.17) is 4.74 Å². The molecule has 102 valence electrons. The van der Waals surface area contributed by atoms with Gasteiger partial charge in [-0.1, -0.05) is 30.3 Å². The molecule has 0 unspecified atom stereocenters. The van der Waals surface area contributed by atoms with Gasteiger partial charge in [-0.3, -0.25) is 0 Å². The Hall–Kier alpha value is -1.87. The lowest BCUT2D eigenvalue weighted by Crippen LogP contribution is -2.21. The van der Waals surface area contributed by atoms with Crippen LogP contribution in [0.25, 0.3) is 0 Å². The molecule has 1 fully saturated rings. The second-order valence-corrected chi connectivity index (χ2v) is 5.67. The van der Waals surface area contributed by atoms with Gasteiger partial charge in [0, 0.05) is 30.3 Å².